The number of methoxy groups -OCH3 is 3. The van der Waals surface area contributed by atoms with E-state index < -0.39 is 0 Å². The third kappa shape index (κ3) is 2.18. The Morgan fingerprint density at radius 2 is 1.52 bits per heavy atom. The van der Waals surface area contributed by atoms with Crippen LogP contribution in [-0.2, 0) is 6.61 Å². The van der Waals surface area contributed by atoms with E-state index in [1.54, 1.807) is 21.3 Å². The maximum atomic E-state index is 9.82. The molecule has 120 valence electrons. The molecule has 0 bridgehead atoms. The fourth-order valence-corrected chi connectivity index (χ4v) is 3.28. The molecule has 4 nitrogen and oxygen atoms in total. The molecule has 0 saturated carbocycles. The lowest BCUT2D eigenvalue weighted by atomic mass is 9.94. The number of fused-ring (bicyclic) bond motifs is 3. The quantitative estimate of drug-likeness (QED) is 0.744. The Hall–Kier alpha value is -2.46. The summed E-state index contributed by atoms with van der Waals surface area (Å²) in [7, 11) is 4.93. The molecule has 0 fully saturated rings. The summed E-state index contributed by atoms with van der Waals surface area (Å²) in [6, 6.07) is 9.94. The third-order valence-electron chi connectivity index (χ3n) is 4.35. The Bertz CT molecular complexity index is 884. The van der Waals surface area contributed by atoms with Crippen molar-refractivity contribution in [2.24, 2.45) is 0 Å². The van der Waals surface area contributed by atoms with E-state index in [0.717, 1.165) is 44.2 Å². The number of ether oxygens (including phenoxy) is 3. The smallest absolute Gasteiger partial charge is 0.133 e. The lowest BCUT2D eigenvalue weighted by Gasteiger charge is -2.19. The Kier molecular flexibility index (Phi) is 4.01. The van der Waals surface area contributed by atoms with Crippen LogP contribution in [0.3, 0.4) is 0 Å². The first kappa shape index (κ1) is 15.4. The summed E-state index contributed by atoms with van der Waals surface area (Å²) in [5.74, 6) is 2.24. The number of aliphatic hydroxyl groups excluding tert-OH is 1. The molecule has 0 saturated heterocycles. The van der Waals surface area contributed by atoms with Gasteiger partial charge in [-0.25, -0.2) is 0 Å². The maximum Gasteiger partial charge on any atom is 0.133 e. The van der Waals surface area contributed by atoms with Gasteiger partial charge >= 0.3 is 0 Å². The predicted octanol–water partition coefficient (Wildman–Crippen LogP) is 3.82. The summed E-state index contributed by atoms with van der Waals surface area (Å²) in [5, 5.41) is 13.7. The van der Waals surface area contributed by atoms with Gasteiger partial charge in [0.25, 0.3) is 0 Å². The van der Waals surface area contributed by atoms with Crippen LogP contribution >= 0.6 is 0 Å². The second-order valence-electron chi connectivity index (χ2n) is 5.37. The number of hydrogen-bond donors (Lipinski definition) is 1. The van der Waals surface area contributed by atoms with Crippen LogP contribution in [0.5, 0.6) is 17.2 Å². The standard InChI is InChI=1S/C19H20O4/c1-11-15(10-20)19(23-4)17-13-6-5-7-16(21-2)12(13)8-9-14(17)18(11)22-3/h5-9,20H,10H2,1-4H3. The van der Waals surface area contributed by atoms with Crippen LogP contribution in [0.4, 0.5) is 0 Å². The fourth-order valence-electron chi connectivity index (χ4n) is 3.28. The van der Waals surface area contributed by atoms with Gasteiger partial charge < -0.3 is 19.3 Å². The van der Waals surface area contributed by atoms with Crippen molar-refractivity contribution in [3.8, 4) is 17.2 Å². The van der Waals surface area contributed by atoms with Crippen LogP contribution in [0.2, 0.25) is 0 Å². The van der Waals surface area contributed by atoms with Gasteiger partial charge in [0.05, 0.1) is 27.9 Å². The highest BCUT2D eigenvalue weighted by molar-refractivity contribution is 6.15. The average Bonchev–Trinajstić information content (AvgIpc) is 2.59. The molecule has 0 radical (unpaired) electrons. The van der Waals surface area contributed by atoms with Gasteiger partial charge in [-0.2, -0.15) is 0 Å². The van der Waals surface area contributed by atoms with Crippen molar-refractivity contribution in [2.75, 3.05) is 21.3 Å². The molecule has 0 aliphatic heterocycles. The fraction of sp³-hybridized carbons (Fsp3) is 0.263. The molecule has 0 aliphatic carbocycles. The van der Waals surface area contributed by atoms with E-state index in [0.29, 0.717) is 5.75 Å². The molecule has 23 heavy (non-hydrogen) atoms. The molecular weight excluding hydrogens is 292 g/mol. The molecule has 3 aromatic rings. The summed E-state index contributed by atoms with van der Waals surface area (Å²) < 4.78 is 16.7. The molecule has 0 aromatic heterocycles. The first-order valence-corrected chi connectivity index (χ1v) is 7.41. The Morgan fingerprint density at radius 3 is 2.13 bits per heavy atom. The third-order valence-corrected chi connectivity index (χ3v) is 4.35. The van der Waals surface area contributed by atoms with Gasteiger partial charge in [0.15, 0.2) is 0 Å². The van der Waals surface area contributed by atoms with Crippen molar-refractivity contribution in [1.82, 2.24) is 0 Å². The van der Waals surface area contributed by atoms with Crippen molar-refractivity contribution < 1.29 is 19.3 Å². The van der Waals surface area contributed by atoms with E-state index in [-0.39, 0.29) is 6.61 Å². The minimum Gasteiger partial charge on any atom is -0.496 e. The normalized spacial score (nSPS) is 11.0. The van der Waals surface area contributed by atoms with E-state index in [9.17, 15) is 5.11 Å². The summed E-state index contributed by atoms with van der Waals surface area (Å²) in [5.41, 5.74) is 1.63. The molecule has 0 heterocycles. The van der Waals surface area contributed by atoms with Gasteiger partial charge in [-0.15, -0.1) is 0 Å². The monoisotopic (exact) mass is 312 g/mol. The number of benzene rings is 3. The summed E-state index contributed by atoms with van der Waals surface area (Å²) in [6.45, 7) is 1.82. The largest absolute Gasteiger partial charge is 0.496 e. The maximum absolute atomic E-state index is 9.82. The Morgan fingerprint density at radius 1 is 0.826 bits per heavy atom. The topological polar surface area (TPSA) is 47.9 Å². The van der Waals surface area contributed by atoms with E-state index in [1.807, 2.05) is 37.3 Å². The lowest BCUT2D eigenvalue weighted by molar-refractivity contribution is 0.272. The molecule has 0 atom stereocenters. The number of aliphatic hydroxyl groups is 1. The lowest BCUT2D eigenvalue weighted by Crippen LogP contribution is -2.01. The van der Waals surface area contributed by atoms with Gasteiger partial charge in [0.2, 0.25) is 0 Å². The molecule has 0 aliphatic rings. The van der Waals surface area contributed by atoms with Crippen LogP contribution < -0.4 is 14.2 Å². The summed E-state index contributed by atoms with van der Waals surface area (Å²) in [4.78, 5) is 0. The van der Waals surface area contributed by atoms with Crippen LogP contribution in [0.1, 0.15) is 11.1 Å². The zero-order valence-corrected chi connectivity index (χ0v) is 13.8. The Balaban J connectivity index is 2.60. The van der Waals surface area contributed by atoms with Crippen molar-refractivity contribution in [3.05, 3.63) is 41.5 Å². The average molecular weight is 312 g/mol. The van der Waals surface area contributed by atoms with Gasteiger partial charge in [0, 0.05) is 27.3 Å². The predicted molar refractivity (Wildman–Crippen MR) is 91.8 cm³/mol. The minimum absolute atomic E-state index is 0.109. The highest BCUT2D eigenvalue weighted by Crippen LogP contribution is 2.44. The molecular formula is C19H20O4. The molecule has 1 N–H and O–H groups in total. The van der Waals surface area contributed by atoms with Crippen LogP contribution in [0.25, 0.3) is 21.5 Å². The van der Waals surface area contributed by atoms with Crippen molar-refractivity contribution in [3.63, 3.8) is 0 Å². The highest BCUT2D eigenvalue weighted by atomic mass is 16.5. The molecule has 4 heteroatoms. The molecule has 3 rings (SSSR count). The van der Waals surface area contributed by atoms with Crippen LogP contribution in [0, 0.1) is 6.92 Å². The highest BCUT2D eigenvalue weighted by Gasteiger charge is 2.20. The van der Waals surface area contributed by atoms with Crippen molar-refractivity contribution >= 4 is 21.5 Å². The van der Waals surface area contributed by atoms with Crippen molar-refractivity contribution in [1.29, 1.82) is 0 Å². The minimum atomic E-state index is -0.109. The van der Waals surface area contributed by atoms with E-state index in [1.165, 1.54) is 0 Å². The van der Waals surface area contributed by atoms with Gasteiger partial charge in [-0.3, -0.25) is 0 Å². The summed E-state index contributed by atoms with van der Waals surface area (Å²) >= 11 is 0. The molecule has 0 spiro atoms. The van der Waals surface area contributed by atoms with Gasteiger partial charge in [-0.05, 0) is 30.5 Å². The Labute approximate surface area is 135 Å². The summed E-state index contributed by atoms with van der Waals surface area (Å²) in [6.07, 6.45) is 0. The van der Waals surface area contributed by atoms with Crippen LogP contribution in [-0.4, -0.2) is 26.4 Å². The van der Waals surface area contributed by atoms with Gasteiger partial charge in [0.1, 0.15) is 17.2 Å². The van der Waals surface area contributed by atoms with Gasteiger partial charge in [-0.1, -0.05) is 12.1 Å². The number of hydrogen-bond acceptors (Lipinski definition) is 4. The first-order chi connectivity index (χ1) is 11.2. The molecule has 0 amide bonds. The van der Waals surface area contributed by atoms with E-state index in [4.69, 9.17) is 14.2 Å². The second-order valence-corrected chi connectivity index (χ2v) is 5.37. The first-order valence-electron chi connectivity index (χ1n) is 7.41. The second kappa shape index (κ2) is 5.97. The van der Waals surface area contributed by atoms with Crippen LogP contribution in [0.15, 0.2) is 30.3 Å². The van der Waals surface area contributed by atoms with E-state index >= 15 is 0 Å². The molecule has 3 aromatic carbocycles. The SMILES string of the molecule is COc1cccc2c1ccc1c(OC)c(C)c(CO)c(OC)c12. The zero-order chi connectivity index (χ0) is 16.6. The van der Waals surface area contributed by atoms with Crippen molar-refractivity contribution in [2.45, 2.75) is 13.5 Å². The zero-order valence-electron chi connectivity index (χ0n) is 13.8. The van der Waals surface area contributed by atoms with E-state index in [2.05, 4.69) is 0 Å². The molecule has 0 unspecified atom stereocenters. The number of rotatable bonds is 4.